The first-order chi connectivity index (χ1) is 12.5. The van der Waals surface area contributed by atoms with Gasteiger partial charge in [-0.3, -0.25) is 9.59 Å². The fraction of sp³-hybridized carbons (Fsp3) is 0.211. The zero-order valence-corrected chi connectivity index (χ0v) is 15.7. The summed E-state index contributed by atoms with van der Waals surface area (Å²) in [4.78, 5) is 34.6. The molecular formula is C19H18BrNO5. The van der Waals surface area contributed by atoms with Gasteiger partial charge in [0.1, 0.15) is 12.0 Å². The molecule has 2 rings (SSSR count). The number of ether oxygens (including phenoxy) is 2. The second-order valence-electron chi connectivity index (χ2n) is 5.36. The van der Waals surface area contributed by atoms with Crippen LogP contribution in [0.3, 0.4) is 0 Å². The van der Waals surface area contributed by atoms with Crippen LogP contribution in [-0.2, 0) is 9.53 Å². The molecule has 6 nitrogen and oxygen atoms in total. The third-order valence-corrected chi connectivity index (χ3v) is 3.89. The number of hydrogen-bond acceptors (Lipinski definition) is 5. The van der Waals surface area contributed by atoms with Crippen molar-refractivity contribution >= 4 is 39.8 Å². The summed E-state index contributed by atoms with van der Waals surface area (Å²) in [6.45, 7) is 2.04. The largest absolute Gasteiger partial charge is 0.483 e. The van der Waals surface area contributed by atoms with Crippen molar-refractivity contribution in [1.82, 2.24) is 0 Å². The summed E-state index contributed by atoms with van der Waals surface area (Å²) in [6, 6.07) is 11.3. The summed E-state index contributed by atoms with van der Waals surface area (Å²) in [5.41, 5.74) is 1.34. The number of aldehydes is 1. The lowest BCUT2D eigenvalue weighted by Gasteiger charge is -2.10. The molecule has 0 aliphatic carbocycles. The van der Waals surface area contributed by atoms with E-state index in [4.69, 9.17) is 9.47 Å². The van der Waals surface area contributed by atoms with Gasteiger partial charge in [-0.1, -0.05) is 13.0 Å². The maximum Gasteiger partial charge on any atom is 0.338 e. The second kappa shape index (κ2) is 9.72. The Morgan fingerprint density at radius 1 is 1.19 bits per heavy atom. The van der Waals surface area contributed by atoms with Crippen LogP contribution in [0.25, 0.3) is 0 Å². The number of halogens is 1. The number of benzene rings is 2. The molecule has 2 aromatic rings. The second-order valence-corrected chi connectivity index (χ2v) is 6.22. The number of anilines is 1. The number of esters is 1. The summed E-state index contributed by atoms with van der Waals surface area (Å²) in [5.74, 6) is -0.364. The molecule has 0 fully saturated rings. The molecule has 1 amide bonds. The van der Waals surface area contributed by atoms with Gasteiger partial charge in [0, 0.05) is 11.3 Å². The molecule has 0 spiro atoms. The number of rotatable bonds is 8. The minimum absolute atomic E-state index is 0.219. The molecule has 7 heteroatoms. The molecule has 0 aliphatic rings. The predicted octanol–water partition coefficient (Wildman–Crippen LogP) is 3.85. The fourth-order valence-corrected chi connectivity index (χ4v) is 2.56. The maximum absolute atomic E-state index is 12.0. The molecule has 0 saturated carbocycles. The van der Waals surface area contributed by atoms with E-state index in [0.717, 1.165) is 12.7 Å². The molecule has 26 heavy (non-hydrogen) atoms. The third kappa shape index (κ3) is 5.70. The first-order valence-electron chi connectivity index (χ1n) is 7.98. The molecule has 0 saturated heterocycles. The van der Waals surface area contributed by atoms with Gasteiger partial charge in [-0.15, -0.1) is 0 Å². The van der Waals surface area contributed by atoms with Gasteiger partial charge in [-0.05, 0) is 58.7 Å². The quantitative estimate of drug-likeness (QED) is 0.518. The SMILES string of the molecule is CCCOC(=O)c1cccc(NC(=O)COc2ccc(C=O)cc2Br)c1. The van der Waals surface area contributed by atoms with Gasteiger partial charge in [0.2, 0.25) is 0 Å². The maximum atomic E-state index is 12.0. The minimum atomic E-state index is -0.432. The lowest BCUT2D eigenvalue weighted by atomic mass is 10.2. The van der Waals surface area contributed by atoms with Crippen LogP contribution in [-0.4, -0.2) is 31.4 Å². The van der Waals surface area contributed by atoms with Crippen LogP contribution in [0.1, 0.15) is 34.1 Å². The van der Waals surface area contributed by atoms with Gasteiger partial charge in [0.15, 0.2) is 6.61 Å². The van der Waals surface area contributed by atoms with E-state index in [-0.39, 0.29) is 12.5 Å². The van der Waals surface area contributed by atoms with Gasteiger partial charge in [-0.2, -0.15) is 0 Å². The van der Waals surface area contributed by atoms with Gasteiger partial charge in [0.25, 0.3) is 5.91 Å². The number of nitrogens with one attached hydrogen (secondary N) is 1. The first kappa shape index (κ1) is 19.7. The molecule has 0 atom stereocenters. The number of carbonyl (C=O) groups excluding carboxylic acids is 3. The highest BCUT2D eigenvalue weighted by molar-refractivity contribution is 9.10. The summed E-state index contributed by atoms with van der Waals surface area (Å²) in [5, 5.41) is 2.66. The molecule has 136 valence electrons. The molecule has 0 unspecified atom stereocenters. The van der Waals surface area contributed by atoms with E-state index in [1.165, 1.54) is 0 Å². The van der Waals surface area contributed by atoms with Crippen molar-refractivity contribution in [3.8, 4) is 5.75 Å². The van der Waals surface area contributed by atoms with E-state index in [0.29, 0.717) is 33.6 Å². The summed E-state index contributed by atoms with van der Waals surface area (Å²) in [7, 11) is 0. The van der Waals surface area contributed by atoms with Crippen molar-refractivity contribution in [2.45, 2.75) is 13.3 Å². The van der Waals surface area contributed by atoms with E-state index in [2.05, 4.69) is 21.2 Å². The lowest BCUT2D eigenvalue weighted by molar-refractivity contribution is -0.118. The molecule has 0 bridgehead atoms. The van der Waals surface area contributed by atoms with Crippen LogP contribution in [0, 0.1) is 0 Å². The van der Waals surface area contributed by atoms with Crippen LogP contribution < -0.4 is 10.1 Å². The number of amides is 1. The fourth-order valence-electron chi connectivity index (χ4n) is 2.05. The predicted molar refractivity (Wildman–Crippen MR) is 101 cm³/mol. The standard InChI is InChI=1S/C19H18BrNO5/c1-2-8-25-19(24)14-4-3-5-15(10-14)21-18(23)12-26-17-7-6-13(11-22)9-16(17)20/h3-7,9-11H,2,8,12H2,1H3,(H,21,23). The van der Waals surface area contributed by atoms with Crippen molar-refractivity contribution in [3.63, 3.8) is 0 Å². The Hall–Kier alpha value is -2.67. The van der Waals surface area contributed by atoms with Crippen molar-refractivity contribution in [1.29, 1.82) is 0 Å². The van der Waals surface area contributed by atoms with Crippen molar-refractivity contribution in [3.05, 3.63) is 58.1 Å². The topological polar surface area (TPSA) is 81.7 Å². The van der Waals surface area contributed by atoms with Crippen molar-refractivity contribution in [2.75, 3.05) is 18.5 Å². The van der Waals surface area contributed by atoms with Crippen LogP contribution in [0.15, 0.2) is 46.9 Å². The van der Waals surface area contributed by atoms with Crippen molar-refractivity contribution < 1.29 is 23.9 Å². The Morgan fingerprint density at radius 3 is 2.69 bits per heavy atom. The van der Waals surface area contributed by atoms with Gasteiger partial charge in [0.05, 0.1) is 16.6 Å². The first-order valence-corrected chi connectivity index (χ1v) is 8.77. The Bertz CT molecular complexity index is 806. The molecule has 0 radical (unpaired) electrons. The highest BCUT2D eigenvalue weighted by Crippen LogP contribution is 2.25. The highest BCUT2D eigenvalue weighted by atomic mass is 79.9. The Morgan fingerprint density at radius 2 is 2.00 bits per heavy atom. The zero-order chi connectivity index (χ0) is 18.9. The normalized spacial score (nSPS) is 10.1. The van der Waals surface area contributed by atoms with E-state index in [9.17, 15) is 14.4 Å². The zero-order valence-electron chi connectivity index (χ0n) is 14.2. The molecule has 0 aromatic heterocycles. The van der Waals surface area contributed by atoms with Crippen molar-refractivity contribution in [2.24, 2.45) is 0 Å². The summed E-state index contributed by atoms with van der Waals surface area (Å²) >= 11 is 3.28. The molecule has 0 aliphatic heterocycles. The highest BCUT2D eigenvalue weighted by Gasteiger charge is 2.10. The van der Waals surface area contributed by atoms with Gasteiger partial charge in [-0.25, -0.2) is 4.79 Å². The minimum Gasteiger partial charge on any atom is -0.483 e. The van der Waals surface area contributed by atoms with Crippen LogP contribution in [0.4, 0.5) is 5.69 Å². The Balaban J connectivity index is 1.93. The average molecular weight is 420 g/mol. The van der Waals surface area contributed by atoms with Crippen LogP contribution >= 0.6 is 15.9 Å². The third-order valence-electron chi connectivity index (χ3n) is 3.27. The lowest BCUT2D eigenvalue weighted by Crippen LogP contribution is -2.20. The number of carbonyl (C=O) groups is 3. The van der Waals surface area contributed by atoms with E-state index < -0.39 is 5.97 Å². The van der Waals surface area contributed by atoms with Crippen LogP contribution in [0.2, 0.25) is 0 Å². The number of hydrogen-bond donors (Lipinski definition) is 1. The Labute approximate surface area is 159 Å². The summed E-state index contributed by atoms with van der Waals surface area (Å²) < 4.78 is 11.1. The van der Waals surface area contributed by atoms with Gasteiger partial charge >= 0.3 is 5.97 Å². The molecule has 2 aromatic carbocycles. The average Bonchev–Trinajstić information content (AvgIpc) is 2.65. The molecule has 0 heterocycles. The smallest absolute Gasteiger partial charge is 0.338 e. The molecule has 1 N–H and O–H groups in total. The van der Waals surface area contributed by atoms with E-state index >= 15 is 0 Å². The molecular weight excluding hydrogens is 402 g/mol. The summed E-state index contributed by atoms with van der Waals surface area (Å²) in [6.07, 6.45) is 1.46. The van der Waals surface area contributed by atoms with Crippen LogP contribution in [0.5, 0.6) is 5.75 Å². The Kier molecular flexibility index (Phi) is 7.35. The monoisotopic (exact) mass is 419 g/mol. The van der Waals surface area contributed by atoms with E-state index in [1.54, 1.807) is 42.5 Å². The van der Waals surface area contributed by atoms with E-state index in [1.807, 2.05) is 6.92 Å². The van der Waals surface area contributed by atoms with Gasteiger partial charge < -0.3 is 14.8 Å².